The van der Waals surface area contributed by atoms with Crippen LogP contribution in [0.3, 0.4) is 0 Å². The second-order valence-electron chi connectivity index (χ2n) is 4.23. The van der Waals surface area contributed by atoms with Gasteiger partial charge < -0.3 is 14.0 Å². The van der Waals surface area contributed by atoms with Crippen LogP contribution in [0, 0.1) is 0 Å². The van der Waals surface area contributed by atoms with Crippen LogP contribution in [0.1, 0.15) is 42.0 Å². The number of hydrogen-bond acceptors (Lipinski definition) is 6. The van der Waals surface area contributed by atoms with E-state index in [4.69, 9.17) is 14.0 Å². The summed E-state index contributed by atoms with van der Waals surface area (Å²) in [7, 11) is 0. The summed E-state index contributed by atoms with van der Waals surface area (Å²) in [6, 6.07) is 5.17. The Labute approximate surface area is 130 Å². The molecule has 0 radical (unpaired) electrons. The smallest absolute Gasteiger partial charge is 0.264 e. The van der Waals surface area contributed by atoms with Gasteiger partial charge in [0, 0.05) is 11.1 Å². The highest BCUT2D eigenvalue weighted by Crippen LogP contribution is 2.22. The topological polar surface area (TPSA) is 74.5 Å². The maximum atomic E-state index is 11.0. The molecular formula is C14H15BrN2O4. The SMILES string of the molecule is CCOC(C)c1noc(COc2ccc(Br)cc2C=O)n1. The molecule has 0 bridgehead atoms. The number of nitrogens with zero attached hydrogens (tertiary/aromatic N) is 2. The molecule has 2 rings (SSSR count). The molecular weight excluding hydrogens is 340 g/mol. The van der Waals surface area contributed by atoms with Gasteiger partial charge in [-0.1, -0.05) is 21.1 Å². The van der Waals surface area contributed by atoms with Crippen LogP contribution in [0.5, 0.6) is 5.75 Å². The van der Waals surface area contributed by atoms with Gasteiger partial charge in [0.05, 0.1) is 5.56 Å². The first-order valence-electron chi connectivity index (χ1n) is 6.45. The Morgan fingerprint density at radius 3 is 3.00 bits per heavy atom. The maximum Gasteiger partial charge on any atom is 0.264 e. The molecule has 6 nitrogen and oxygen atoms in total. The molecule has 112 valence electrons. The Bertz CT molecular complexity index is 615. The molecule has 1 aromatic carbocycles. The third-order valence-electron chi connectivity index (χ3n) is 2.71. The minimum atomic E-state index is -0.231. The Kier molecular flexibility index (Phi) is 5.46. The van der Waals surface area contributed by atoms with Gasteiger partial charge in [-0.25, -0.2) is 0 Å². The third kappa shape index (κ3) is 4.12. The zero-order valence-corrected chi connectivity index (χ0v) is 13.3. The second kappa shape index (κ2) is 7.33. The van der Waals surface area contributed by atoms with Crippen molar-refractivity contribution in [2.45, 2.75) is 26.6 Å². The maximum absolute atomic E-state index is 11.0. The monoisotopic (exact) mass is 354 g/mol. The molecule has 7 heteroatoms. The normalized spacial score (nSPS) is 12.1. The average Bonchev–Trinajstić information content (AvgIpc) is 2.95. The highest BCUT2D eigenvalue weighted by Gasteiger charge is 2.14. The molecule has 0 amide bonds. The average molecular weight is 355 g/mol. The first-order chi connectivity index (χ1) is 10.1. The third-order valence-corrected chi connectivity index (χ3v) is 3.21. The zero-order valence-electron chi connectivity index (χ0n) is 11.7. The molecule has 0 saturated carbocycles. The van der Waals surface area contributed by atoms with Gasteiger partial charge in [0.2, 0.25) is 0 Å². The fraction of sp³-hybridized carbons (Fsp3) is 0.357. The van der Waals surface area contributed by atoms with Gasteiger partial charge in [-0.3, -0.25) is 4.79 Å². The van der Waals surface area contributed by atoms with Gasteiger partial charge >= 0.3 is 0 Å². The molecule has 0 N–H and O–H groups in total. The predicted octanol–water partition coefficient (Wildman–Crippen LogP) is 3.32. The Morgan fingerprint density at radius 2 is 2.29 bits per heavy atom. The molecule has 0 aliphatic carbocycles. The van der Waals surface area contributed by atoms with Gasteiger partial charge in [-0.05, 0) is 32.0 Å². The number of benzene rings is 1. The van der Waals surface area contributed by atoms with E-state index in [-0.39, 0.29) is 12.7 Å². The number of aromatic nitrogens is 2. The number of hydrogen-bond donors (Lipinski definition) is 0. The van der Waals surface area contributed by atoms with Gasteiger partial charge in [0.15, 0.2) is 18.7 Å². The lowest BCUT2D eigenvalue weighted by Gasteiger charge is -2.06. The summed E-state index contributed by atoms with van der Waals surface area (Å²) in [4.78, 5) is 15.2. The molecule has 1 atom stereocenters. The summed E-state index contributed by atoms with van der Waals surface area (Å²) in [6.45, 7) is 4.41. The van der Waals surface area contributed by atoms with Gasteiger partial charge in [-0.15, -0.1) is 0 Å². The van der Waals surface area contributed by atoms with E-state index in [0.29, 0.717) is 29.6 Å². The van der Waals surface area contributed by atoms with Crippen LogP contribution < -0.4 is 4.74 Å². The molecule has 0 saturated heterocycles. The second-order valence-corrected chi connectivity index (χ2v) is 5.15. The van der Waals surface area contributed by atoms with Gasteiger partial charge in [0.25, 0.3) is 5.89 Å². The van der Waals surface area contributed by atoms with Crippen molar-refractivity contribution in [2.75, 3.05) is 6.61 Å². The summed E-state index contributed by atoms with van der Waals surface area (Å²) in [5.41, 5.74) is 0.451. The molecule has 1 unspecified atom stereocenters. The fourth-order valence-corrected chi connectivity index (χ4v) is 2.08. The van der Waals surface area contributed by atoms with Crippen molar-refractivity contribution in [3.63, 3.8) is 0 Å². The van der Waals surface area contributed by atoms with Crippen LogP contribution in [-0.2, 0) is 11.3 Å². The minimum absolute atomic E-state index is 0.0916. The molecule has 0 spiro atoms. The summed E-state index contributed by atoms with van der Waals surface area (Å²) in [5, 5.41) is 3.84. The molecule has 0 aliphatic rings. The first kappa shape index (κ1) is 15.7. The summed E-state index contributed by atoms with van der Waals surface area (Å²) >= 11 is 3.30. The lowest BCUT2D eigenvalue weighted by molar-refractivity contribution is 0.0683. The van der Waals surface area contributed by atoms with E-state index < -0.39 is 0 Å². The lowest BCUT2D eigenvalue weighted by Crippen LogP contribution is -2.02. The van der Waals surface area contributed by atoms with E-state index in [2.05, 4.69) is 26.1 Å². The fourth-order valence-electron chi connectivity index (χ4n) is 1.70. The van der Waals surface area contributed by atoms with Crippen molar-refractivity contribution in [2.24, 2.45) is 0 Å². The number of rotatable bonds is 7. The van der Waals surface area contributed by atoms with Crippen LogP contribution in [0.15, 0.2) is 27.2 Å². The van der Waals surface area contributed by atoms with Crippen molar-refractivity contribution < 1.29 is 18.8 Å². The van der Waals surface area contributed by atoms with E-state index in [1.54, 1.807) is 18.2 Å². The minimum Gasteiger partial charge on any atom is -0.483 e. The molecule has 0 fully saturated rings. The standard InChI is InChI=1S/C14H15BrN2O4/c1-3-19-9(2)14-16-13(21-17-14)8-20-12-5-4-11(15)6-10(12)7-18/h4-7,9H,3,8H2,1-2H3. The van der Waals surface area contributed by atoms with Crippen LogP contribution in [0.25, 0.3) is 0 Å². The van der Waals surface area contributed by atoms with Crippen molar-refractivity contribution in [3.8, 4) is 5.75 Å². The van der Waals surface area contributed by atoms with Crippen LogP contribution >= 0.6 is 15.9 Å². The summed E-state index contributed by atoms with van der Waals surface area (Å²) in [5.74, 6) is 1.27. The van der Waals surface area contributed by atoms with E-state index >= 15 is 0 Å². The van der Waals surface area contributed by atoms with Gasteiger partial charge in [-0.2, -0.15) is 4.98 Å². The first-order valence-corrected chi connectivity index (χ1v) is 7.25. The van der Waals surface area contributed by atoms with E-state index in [1.165, 1.54) is 0 Å². The highest BCUT2D eigenvalue weighted by molar-refractivity contribution is 9.10. The number of ether oxygens (including phenoxy) is 2. The van der Waals surface area contributed by atoms with Crippen LogP contribution in [0.4, 0.5) is 0 Å². The van der Waals surface area contributed by atoms with E-state index in [9.17, 15) is 4.79 Å². The van der Waals surface area contributed by atoms with Gasteiger partial charge in [0.1, 0.15) is 11.9 Å². The molecule has 21 heavy (non-hydrogen) atoms. The van der Waals surface area contributed by atoms with Crippen molar-refractivity contribution in [1.29, 1.82) is 0 Å². The lowest BCUT2D eigenvalue weighted by atomic mass is 10.2. The number of carbonyl (C=O) groups is 1. The predicted molar refractivity (Wildman–Crippen MR) is 78.2 cm³/mol. The highest BCUT2D eigenvalue weighted by atomic mass is 79.9. The number of halogens is 1. The molecule has 1 heterocycles. The van der Waals surface area contributed by atoms with Crippen molar-refractivity contribution in [3.05, 3.63) is 40.0 Å². The van der Waals surface area contributed by atoms with Crippen LogP contribution in [-0.4, -0.2) is 23.0 Å². The molecule has 2 aromatic rings. The molecule has 0 aliphatic heterocycles. The number of carbonyl (C=O) groups excluding carboxylic acids is 1. The van der Waals surface area contributed by atoms with Crippen molar-refractivity contribution in [1.82, 2.24) is 10.1 Å². The Morgan fingerprint density at radius 1 is 1.48 bits per heavy atom. The Hall–Kier alpha value is -1.73. The Balaban J connectivity index is 2.02. The van der Waals surface area contributed by atoms with E-state index in [1.807, 2.05) is 13.8 Å². The van der Waals surface area contributed by atoms with E-state index in [0.717, 1.165) is 10.8 Å². The van der Waals surface area contributed by atoms with Crippen LogP contribution in [0.2, 0.25) is 0 Å². The summed E-state index contributed by atoms with van der Waals surface area (Å²) < 4.78 is 16.8. The zero-order chi connectivity index (χ0) is 15.2. The van der Waals surface area contributed by atoms with Crippen molar-refractivity contribution >= 4 is 22.2 Å². The number of aldehydes is 1. The molecule has 1 aromatic heterocycles. The quantitative estimate of drug-likeness (QED) is 0.710. The summed E-state index contributed by atoms with van der Waals surface area (Å²) in [6.07, 6.45) is 0.502. The largest absolute Gasteiger partial charge is 0.483 e.